The number of nitrogens with zero attached hydrogens (tertiary/aromatic N) is 4. The quantitative estimate of drug-likeness (QED) is 0.586. The molecular weight excluding hydrogens is 238 g/mol. The maximum atomic E-state index is 10.5. The van der Waals surface area contributed by atoms with Gasteiger partial charge < -0.3 is 19.8 Å². The number of hydrogen-bond donors (Lipinski definition) is 1. The van der Waals surface area contributed by atoms with Gasteiger partial charge >= 0.3 is 5.97 Å². The molecule has 8 heteroatoms. The van der Waals surface area contributed by atoms with Crippen molar-refractivity contribution < 1.29 is 14.3 Å². The van der Waals surface area contributed by atoms with Crippen LogP contribution in [0.25, 0.3) is 11.2 Å². The smallest absolute Gasteiger partial charge is 0.302 e. The van der Waals surface area contributed by atoms with Gasteiger partial charge in [0.25, 0.3) is 0 Å². The second-order valence-corrected chi connectivity index (χ2v) is 3.53. The standard InChI is InChI=1S/C10H13N5O3/c1-7(16)18-3-2-17-6-15-5-13-9-8(15)4-12-10(11)14-9/h4-5H,2-3,6H2,1H3,(H2,11,12,14). The molecule has 0 bridgehead atoms. The molecule has 2 aromatic rings. The largest absolute Gasteiger partial charge is 0.463 e. The van der Waals surface area contributed by atoms with Gasteiger partial charge in [0.1, 0.15) is 18.9 Å². The van der Waals surface area contributed by atoms with Gasteiger partial charge in [0, 0.05) is 6.92 Å². The number of hydrogen-bond acceptors (Lipinski definition) is 7. The Morgan fingerprint density at radius 3 is 3.06 bits per heavy atom. The Balaban J connectivity index is 1.90. The summed E-state index contributed by atoms with van der Waals surface area (Å²) in [6.45, 7) is 2.18. The van der Waals surface area contributed by atoms with Crippen molar-refractivity contribution in [1.29, 1.82) is 0 Å². The molecule has 96 valence electrons. The Morgan fingerprint density at radius 2 is 2.28 bits per heavy atom. The number of fused-ring (bicyclic) bond motifs is 1. The van der Waals surface area contributed by atoms with Gasteiger partial charge in [-0.1, -0.05) is 0 Å². The molecule has 2 heterocycles. The lowest BCUT2D eigenvalue weighted by Gasteiger charge is -2.06. The molecule has 0 aliphatic carbocycles. The molecule has 0 radical (unpaired) electrons. The van der Waals surface area contributed by atoms with Gasteiger partial charge in [-0.2, -0.15) is 4.98 Å². The molecule has 0 fully saturated rings. The molecule has 0 saturated carbocycles. The molecular formula is C10H13N5O3. The number of anilines is 1. The van der Waals surface area contributed by atoms with Crippen LogP contribution in [0.5, 0.6) is 0 Å². The minimum Gasteiger partial charge on any atom is -0.463 e. The zero-order valence-corrected chi connectivity index (χ0v) is 9.87. The summed E-state index contributed by atoms with van der Waals surface area (Å²) in [6.07, 6.45) is 3.17. The van der Waals surface area contributed by atoms with Crippen LogP contribution in [0.15, 0.2) is 12.5 Å². The second kappa shape index (κ2) is 5.41. The number of carbonyl (C=O) groups is 1. The number of imidazole rings is 1. The Bertz CT molecular complexity index is 553. The van der Waals surface area contributed by atoms with E-state index in [1.807, 2.05) is 0 Å². The Labute approximate surface area is 103 Å². The van der Waals surface area contributed by atoms with Crippen molar-refractivity contribution in [3.8, 4) is 0 Å². The van der Waals surface area contributed by atoms with Gasteiger partial charge in [0.2, 0.25) is 5.95 Å². The van der Waals surface area contributed by atoms with Crippen LogP contribution in [0.2, 0.25) is 0 Å². The number of nitrogens with two attached hydrogens (primary N) is 1. The fraction of sp³-hybridized carbons (Fsp3) is 0.400. The van der Waals surface area contributed by atoms with Crippen LogP contribution in [0.3, 0.4) is 0 Å². The van der Waals surface area contributed by atoms with E-state index in [4.69, 9.17) is 15.2 Å². The van der Waals surface area contributed by atoms with Crippen molar-refractivity contribution in [2.24, 2.45) is 0 Å². The van der Waals surface area contributed by atoms with Gasteiger partial charge in [0.05, 0.1) is 19.1 Å². The molecule has 0 aliphatic rings. The summed E-state index contributed by atoms with van der Waals surface area (Å²) in [4.78, 5) is 22.5. The van der Waals surface area contributed by atoms with Crippen LogP contribution in [-0.4, -0.2) is 38.7 Å². The molecule has 0 spiro atoms. The van der Waals surface area contributed by atoms with Gasteiger partial charge in [-0.3, -0.25) is 4.79 Å². The van der Waals surface area contributed by atoms with E-state index in [-0.39, 0.29) is 25.3 Å². The lowest BCUT2D eigenvalue weighted by atomic mass is 10.5. The summed E-state index contributed by atoms with van der Waals surface area (Å²) in [6, 6.07) is 0. The first kappa shape index (κ1) is 12.2. The van der Waals surface area contributed by atoms with E-state index in [1.165, 1.54) is 6.92 Å². The summed E-state index contributed by atoms with van der Waals surface area (Å²) < 4.78 is 11.8. The van der Waals surface area contributed by atoms with E-state index < -0.39 is 0 Å². The van der Waals surface area contributed by atoms with Gasteiger partial charge in [-0.25, -0.2) is 9.97 Å². The predicted octanol–water partition coefficient (Wildman–Crippen LogP) is -0.0543. The molecule has 0 aromatic carbocycles. The van der Waals surface area contributed by atoms with Gasteiger partial charge in [-0.05, 0) is 0 Å². The Kier molecular flexibility index (Phi) is 3.68. The maximum absolute atomic E-state index is 10.5. The highest BCUT2D eigenvalue weighted by atomic mass is 16.6. The van der Waals surface area contributed by atoms with Crippen LogP contribution in [0.1, 0.15) is 6.92 Å². The summed E-state index contributed by atoms with van der Waals surface area (Å²) >= 11 is 0. The number of ether oxygens (including phenoxy) is 2. The fourth-order valence-electron chi connectivity index (χ4n) is 1.37. The average molecular weight is 251 g/mol. The molecule has 0 unspecified atom stereocenters. The third-order valence-electron chi connectivity index (χ3n) is 2.16. The van der Waals surface area contributed by atoms with Gasteiger partial charge in [-0.15, -0.1) is 0 Å². The van der Waals surface area contributed by atoms with E-state index in [0.717, 1.165) is 5.52 Å². The number of esters is 1. The summed E-state index contributed by atoms with van der Waals surface area (Å²) in [5, 5.41) is 0. The number of carbonyl (C=O) groups excluding carboxylic acids is 1. The molecule has 2 N–H and O–H groups in total. The van der Waals surface area contributed by atoms with Crippen LogP contribution in [0.4, 0.5) is 5.95 Å². The number of rotatable bonds is 5. The fourth-order valence-corrected chi connectivity index (χ4v) is 1.37. The van der Waals surface area contributed by atoms with E-state index in [0.29, 0.717) is 12.3 Å². The molecule has 0 saturated heterocycles. The van der Waals surface area contributed by atoms with Crippen molar-refractivity contribution in [2.75, 3.05) is 18.9 Å². The van der Waals surface area contributed by atoms with Crippen molar-refractivity contribution in [3.63, 3.8) is 0 Å². The van der Waals surface area contributed by atoms with Crippen LogP contribution >= 0.6 is 0 Å². The predicted molar refractivity (Wildman–Crippen MR) is 62.3 cm³/mol. The molecule has 8 nitrogen and oxygen atoms in total. The van der Waals surface area contributed by atoms with E-state index >= 15 is 0 Å². The molecule has 0 amide bonds. The highest BCUT2D eigenvalue weighted by Crippen LogP contribution is 2.09. The number of nitrogen functional groups attached to an aromatic ring is 1. The van der Waals surface area contributed by atoms with Crippen molar-refractivity contribution in [2.45, 2.75) is 13.7 Å². The highest BCUT2D eigenvalue weighted by molar-refractivity contribution is 5.70. The first-order chi connectivity index (χ1) is 8.66. The third-order valence-corrected chi connectivity index (χ3v) is 2.16. The van der Waals surface area contributed by atoms with E-state index in [9.17, 15) is 4.79 Å². The molecule has 18 heavy (non-hydrogen) atoms. The third kappa shape index (κ3) is 2.92. The summed E-state index contributed by atoms with van der Waals surface area (Å²) in [5.41, 5.74) is 6.70. The Hall–Kier alpha value is -2.22. The van der Waals surface area contributed by atoms with Crippen LogP contribution < -0.4 is 5.73 Å². The first-order valence-electron chi connectivity index (χ1n) is 5.31. The van der Waals surface area contributed by atoms with E-state index in [2.05, 4.69) is 15.0 Å². The van der Waals surface area contributed by atoms with Crippen LogP contribution in [0, 0.1) is 0 Å². The van der Waals surface area contributed by atoms with Gasteiger partial charge in [0.15, 0.2) is 5.65 Å². The molecule has 0 atom stereocenters. The minimum absolute atomic E-state index is 0.184. The number of aromatic nitrogens is 4. The van der Waals surface area contributed by atoms with E-state index in [1.54, 1.807) is 17.1 Å². The highest BCUT2D eigenvalue weighted by Gasteiger charge is 2.04. The first-order valence-corrected chi connectivity index (χ1v) is 5.31. The van der Waals surface area contributed by atoms with Crippen LogP contribution in [-0.2, 0) is 21.0 Å². The second-order valence-electron chi connectivity index (χ2n) is 3.53. The zero-order chi connectivity index (χ0) is 13.0. The van der Waals surface area contributed by atoms with Crippen molar-refractivity contribution in [3.05, 3.63) is 12.5 Å². The lowest BCUT2D eigenvalue weighted by Crippen LogP contribution is -2.10. The monoisotopic (exact) mass is 251 g/mol. The molecule has 0 aliphatic heterocycles. The topological polar surface area (TPSA) is 105 Å². The Morgan fingerprint density at radius 1 is 1.44 bits per heavy atom. The SMILES string of the molecule is CC(=O)OCCOCn1cnc2nc(N)ncc21. The zero-order valence-electron chi connectivity index (χ0n) is 9.87. The summed E-state index contributed by atoms with van der Waals surface area (Å²) in [5.74, 6) is -0.140. The maximum Gasteiger partial charge on any atom is 0.302 e. The van der Waals surface area contributed by atoms with Crippen molar-refractivity contribution >= 4 is 23.1 Å². The molecule has 2 aromatic heterocycles. The van der Waals surface area contributed by atoms with Crippen molar-refractivity contribution in [1.82, 2.24) is 19.5 Å². The average Bonchev–Trinajstić information content (AvgIpc) is 2.70. The minimum atomic E-state index is -0.324. The normalized spacial score (nSPS) is 10.7. The molecule has 2 rings (SSSR count). The summed E-state index contributed by atoms with van der Waals surface area (Å²) in [7, 11) is 0. The lowest BCUT2D eigenvalue weighted by molar-refractivity contribution is -0.142.